The Labute approximate surface area is 99.6 Å². The smallest absolute Gasteiger partial charge is 0.0734 e. The van der Waals surface area contributed by atoms with Crippen LogP contribution in [0.5, 0.6) is 0 Å². The normalized spacial score (nSPS) is 16.2. The van der Waals surface area contributed by atoms with Crippen molar-refractivity contribution in [3.05, 3.63) is 29.1 Å². The molecule has 1 aromatic heterocycles. The van der Waals surface area contributed by atoms with Gasteiger partial charge in [-0.05, 0) is 31.0 Å². The molecule has 1 aliphatic rings. The number of fused-ring (bicyclic) bond motifs is 1. The predicted molar refractivity (Wildman–Crippen MR) is 67.2 cm³/mol. The van der Waals surface area contributed by atoms with Gasteiger partial charge in [0.05, 0.1) is 13.2 Å². The lowest BCUT2D eigenvalue weighted by Gasteiger charge is -2.24. The second kappa shape index (κ2) is 4.36. The summed E-state index contributed by atoms with van der Waals surface area (Å²) >= 11 is 4.30. The van der Waals surface area contributed by atoms with E-state index in [0.29, 0.717) is 6.61 Å². The Bertz CT molecular complexity index is 366. The molecule has 2 nitrogen and oxygen atoms in total. The van der Waals surface area contributed by atoms with Crippen LogP contribution in [0.1, 0.15) is 30.7 Å². The summed E-state index contributed by atoms with van der Waals surface area (Å²) in [6.45, 7) is 5.79. The van der Waals surface area contributed by atoms with E-state index in [0.717, 1.165) is 13.0 Å². The van der Waals surface area contributed by atoms with Crippen LogP contribution in [0, 0.1) is 0 Å². The van der Waals surface area contributed by atoms with E-state index in [-0.39, 0.29) is 4.75 Å². The van der Waals surface area contributed by atoms with E-state index in [9.17, 15) is 0 Å². The van der Waals surface area contributed by atoms with E-state index in [1.54, 1.807) is 10.8 Å². The van der Waals surface area contributed by atoms with Crippen LogP contribution in [0.25, 0.3) is 0 Å². The van der Waals surface area contributed by atoms with Crippen LogP contribution in [0.2, 0.25) is 0 Å². The largest absolute Gasteiger partial charge is 0.376 e. The van der Waals surface area contributed by atoms with Crippen molar-refractivity contribution in [2.45, 2.75) is 31.6 Å². The molecule has 0 amide bonds. The molecule has 0 fully saturated rings. The Morgan fingerprint density at radius 1 is 1.53 bits per heavy atom. The first-order valence-electron chi connectivity index (χ1n) is 5.02. The van der Waals surface area contributed by atoms with Gasteiger partial charge in [-0.25, -0.2) is 0 Å². The zero-order valence-corrected chi connectivity index (χ0v) is 10.7. The van der Waals surface area contributed by atoms with Gasteiger partial charge in [-0.3, -0.25) is 4.98 Å². The maximum atomic E-state index is 5.43. The lowest BCUT2D eigenvalue weighted by Crippen LogP contribution is -2.16. The molecule has 82 valence electrons. The molecule has 1 aromatic rings. The molecule has 0 bridgehead atoms. The number of hydrogen-bond donors (Lipinski definition) is 1. The van der Waals surface area contributed by atoms with Gasteiger partial charge in [0.15, 0.2) is 0 Å². The molecule has 0 atom stereocenters. The van der Waals surface area contributed by atoms with Crippen molar-refractivity contribution in [1.29, 1.82) is 0 Å². The lowest BCUT2D eigenvalue weighted by molar-refractivity contribution is 0.109. The van der Waals surface area contributed by atoms with Crippen LogP contribution in [0.4, 0.5) is 0 Å². The zero-order chi connectivity index (χ0) is 10.9. The third-order valence-corrected chi connectivity index (χ3v) is 4.79. The Kier molecular flexibility index (Phi) is 3.28. The average molecular weight is 241 g/mol. The number of thiol groups is 1. The first-order chi connectivity index (χ1) is 7.13. The van der Waals surface area contributed by atoms with Crippen molar-refractivity contribution in [2.75, 3.05) is 6.61 Å². The fraction of sp³-hybridized carbons (Fsp3) is 0.545. The van der Waals surface area contributed by atoms with Crippen molar-refractivity contribution in [1.82, 2.24) is 4.98 Å². The highest BCUT2D eigenvalue weighted by Gasteiger charge is 2.22. The summed E-state index contributed by atoms with van der Waals surface area (Å²) < 4.78 is 5.43. The third kappa shape index (κ3) is 2.32. The second-order valence-corrected chi connectivity index (χ2v) is 5.98. The molecule has 1 aliphatic heterocycles. The summed E-state index contributed by atoms with van der Waals surface area (Å²) in [6.07, 6.45) is 2.90. The van der Waals surface area contributed by atoms with Gasteiger partial charge in [-0.1, -0.05) is 10.8 Å². The highest BCUT2D eigenvalue weighted by Crippen LogP contribution is 2.38. The first-order valence-corrected chi connectivity index (χ1v) is 6.89. The number of ether oxygens (including phenoxy) is 1. The molecule has 0 aliphatic carbocycles. The van der Waals surface area contributed by atoms with Crippen molar-refractivity contribution >= 4 is 22.5 Å². The van der Waals surface area contributed by atoms with Gasteiger partial charge >= 0.3 is 0 Å². The lowest BCUT2D eigenvalue weighted by atomic mass is 10.00. The quantitative estimate of drug-likeness (QED) is 0.635. The molecule has 4 heteroatoms. The van der Waals surface area contributed by atoms with Crippen molar-refractivity contribution in [3.63, 3.8) is 0 Å². The van der Waals surface area contributed by atoms with Gasteiger partial charge < -0.3 is 4.74 Å². The van der Waals surface area contributed by atoms with Crippen LogP contribution < -0.4 is 0 Å². The highest BCUT2D eigenvalue weighted by molar-refractivity contribution is 8.68. The van der Waals surface area contributed by atoms with Crippen molar-refractivity contribution < 1.29 is 4.74 Å². The van der Waals surface area contributed by atoms with Gasteiger partial charge in [-0.15, -0.1) is 11.7 Å². The molecule has 2 heterocycles. The molecule has 0 aromatic carbocycles. The summed E-state index contributed by atoms with van der Waals surface area (Å²) in [5.41, 5.74) is 3.63. The van der Waals surface area contributed by atoms with Crippen LogP contribution in [0.15, 0.2) is 12.3 Å². The van der Waals surface area contributed by atoms with Gasteiger partial charge in [0.2, 0.25) is 0 Å². The van der Waals surface area contributed by atoms with E-state index in [2.05, 4.69) is 36.6 Å². The number of aromatic nitrogens is 1. The highest BCUT2D eigenvalue weighted by atomic mass is 33.1. The molecule has 0 radical (unpaired) electrons. The fourth-order valence-electron chi connectivity index (χ4n) is 1.62. The molecule has 0 unspecified atom stereocenters. The third-order valence-electron chi connectivity index (χ3n) is 2.72. The standard InChI is InChI=1S/C11H15NOS2/c1-11(2,15-14)9-5-8-7-13-4-3-10(8)12-6-9/h5-6,14H,3-4,7H2,1-2H3. The van der Waals surface area contributed by atoms with Crippen LogP contribution in [-0.2, 0) is 22.5 Å². The molecule has 0 N–H and O–H groups in total. The van der Waals surface area contributed by atoms with E-state index < -0.39 is 0 Å². The molecule has 0 saturated heterocycles. The van der Waals surface area contributed by atoms with Crippen LogP contribution in [-0.4, -0.2) is 11.6 Å². The molecule has 0 saturated carbocycles. The second-order valence-electron chi connectivity index (χ2n) is 4.23. The fourth-order valence-corrected chi connectivity index (χ4v) is 2.15. The molecule has 15 heavy (non-hydrogen) atoms. The van der Waals surface area contributed by atoms with E-state index in [1.165, 1.54) is 16.8 Å². The topological polar surface area (TPSA) is 22.1 Å². The summed E-state index contributed by atoms with van der Waals surface area (Å²) in [5.74, 6) is 0. The monoisotopic (exact) mass is 241 g/mol. The Balaban J connectivity index is 2.36. The Hall–Kier alpha value is -0.190. The minimum Gasteiger partial charge on any atom is -0.376 e. The van der Waals surface area contributed by atoms with Crippen molar-refractivity contribution in [2.24, 2.45) is 0 Å². The summed E-state index contributed by atoms with van der Waals surface area (Å²) in [7, 11) is 1.54. The summed E-state index contributed by atoms with van der Waals surface area (Å²) in [6, 6.07) is 2.20. The van der Waals surface area contributed by atoms with E-state index in [4.69, 9.17) is 4.74 Å². The van der Waals surface area contributed by atoms with E-state index in [1.807, 2.05) is 6.20 Å². The van der Waals surface area contributed by atoms with Crippen LogP contribution >= 0.6 is 22.5 Å². The van der Waals surface area contributed by atoms with Gasteiger partial charge in [0, 0.05) is 23.1 Å². The maximum absolute atomic E-state index is 5.43. The SMILES string of the molecule is CC(C)(SS)c1cnc2c(c1)COCC2. The molecule has 2 rings (SSSR count). The van der Waals surface area contributed by atoms with Gasteiger partial charge in [-0.2, -0.15) is 0 Å². The van der Waals surface area contributed by atoms with E-state index >= 15 is 0 Å². The maximum Gasteiger partial charge on any atom is 0.0734 e. The minimum atomic E-state index is 0.00257. The van der Waals surface area contributed by atoms with Gasteiger partial charge in [0.1, 0.15) is 0 Å². The number of rotatable bonds is 2. The average Bonchev–Trinajstić information content (AvgIpc) is 2.28. The minimum absolute atomic E-state index is 0.00257. The molecular formula is C11H15NOS2. The first kappa shape index (κ1) is 11.3. The number of nitrogens with zero attached hydrogens (tertiary/aromatic N) is 1. The number of hydrogen-bond acceptors (Lipinski definition) is 4. The van der Waals surface area contributed by atoms with Gasteiger partial charge in [0.25, 0.3) is 0 Å². The summed E-state index contributed by atoms with van der Waals surface area (Å²) in [5, 5.41) is 0. The Morgan fingerprint density at radius 3 is 3.07 bits per heavy atom. The molecule has 0 spiro atoms. The molecular weight excluding hydrogens is 226 g/mol. The Morgan fingerprint density at radius 2 is 2.33 bits per heavy atom. The predicted octanol–water partition coefficient (Wildman–Crippen LogP) is 2.97. The van der Waals surface area contributed by atoms with Crippen molar-refractivity contribution in [3.8, 4) is 0 Å². The zero-order valence-electron chi connectivity index (χ0n) is 8.99. The summed E-state index contributed by atoms with van der Waals surface area (Å²) in [4.78, 5) is 4.51. The van der Waals surface area contributed by atoms with Crippen LogP contribution in [0.3, 0.4) is 0 Å². The number of pyridine rings is 1.